The molecule has 0 bridgehead atoms. The number of carbonyl (C=O) groups excluding carboxylic acids is 1. The SMILES string of the molecule is Cn1ncc2c(C(=O)N3CCC(Cc4ccccc4)CC3)cc(-c3cccc(F)c3)nc21. The quantitative estimate of drug-likeness (QED) is 0.466. The molecule has 6 heteroatoms. The van der Waals surface area contributed by atoms with E-state index in [-0.39, 0.29) is 11.7 Å². The second-order valence-electron chi connectivity index (χ2n) is 8.50. The summed E-state index contributed by atoms with van der Waals surface area (Å²) in [4.78, 5) is 20.1. The summed E-state index contributed by atoms with van der Waals surface area (Å²) in [5, 5.41) is 5.03. The maximum atomic E-state index is 13.8. The second kappa shape index (κ2) is 8.54. The highest BCUT2D eigenvalue weighted by molar-refractivity contribution is 6.06. The molecule has 3 heterocycles. The highest BCUT2D eigenvalue weighted by Crippen LogP contribution is 2.28. The lowest BCUT2D eigenvalue weighted by molar-refractivity contribution is 0.0692. The van der Waals surface area contributed by atoms with Gasteiger partial charge in [0, 0.05) is 25.7 Å². The molecule has 4 aromatic rings. The molecular formula is C26H25FN4O. The van der Waals surface area contributed by atoms with Crippen molar-refractivity contribution in [2.75, 3.05) is 13.1 Å². The van der Waals surface area contributed by atoms with Gasteiger partial charge in [-0.05, 0) is 48.9 Å². The van der Waals surface area contributed by atoms with E-state index in [1.165, 1.54) is 17.7 Å². The van der Waals surface area contributed by atoms with Crippen LogP contribution in [0.2, 0.25) is 0 Å². The lowest BCUT2D eigenvalue weighted by atomic mass is 9.90. The van der Waals surface area contributed by atoms with E-state index in [0.717, 1.165) is 37.7 Å². The molecule has 0 aliphatic carbocycles. The molecule has 162 valence electrons. The topological polar surface area (TPSA) is 51.0 Å². The third-order valence-electron chi connectivity index (χ3n) is 6.32. The third-order valence-corrected chi connectivity index (χ3v) is 6.32. The molecule has 1 aliphatic heterocycles. The molecule has 5 nitrogen and oxygen atoms in total. The van der Waals surface area contributed by atoms with Crippen LogP contribution in [0.25, 0.3) is 22.3 Å². The number of aromatic nitrogens is 3. The molecule has 0 saturated carbocycles. The Balaban J connectivity index is 1.40. The summed E-state index contributed by atoms with van der Waals surface area (Å²) < 4.78 is 15.5. The van der Waals surface area contributed by atoms with Crippen LogP contribution in [0.5, 0.6) is 0 Å². The van der Waals surface area contributed by atoms with Crippen LogP contribution in [0.4, 0.5) is 4.39 Å². The normalized spacial score (nSPS) is 14.8. The summed E-state index contributed by atoms with van der Waals surface area (Å²) in [6.07, 6.45) is 4.71. The fourth-order valence-corrected chi connectivity index (χ4v) is 4.55. The number of halogens is 1. The molecule has 2 aromatic carbocycles. The Hall–Kier alpha value is -3.54. The number of hydrogen-bond donors (Lipinski definition) is 0. The molecule has 32 heavy (non-hydrogen) atoms. The molecule has 0 unspecified atom stereocenters. The molecule has 1 saturated heterocycles. The monoisotopic (exact) mass is 428 g/mol. The number of pyridine rings is 1. The van der Waals surface area contributed by atoms with Crippen molar-refractivity contribution in [3.05, 3.63) is 83.8 Å². The molecule has 0 atom stereocenters. The van der Waals surface area contributed by atoms with Crippen molar-refractivity contribution >= 4 is 16.9 Å². The summed E-state index contributed by atoms with van der Waals surface area (Å²) in [7, 11) is 1.80. The first-order chi connectivity index (χ1) is 15.6. The number of likely N-dealkylation sites (tertiary alicyclic amines) is 1. The van der Waals surface area contributed by atoms with Gasteiger partial charge in [0.25, 0.3) is 5.91 Å². The molecule has 1 fully saturated rings. The van der Waals surface area contributed by atoms with Crippen molar-refractivity contribution in [2.45, 2.75) is 19.3 Å². The van der Waals surface area contributed by atoms with Crippen LogP contribution in [0, 0.1) is 11.7 Å². The van der Waals surface area contributed by atoms with Gasteiger partial charge in [0.15, 0.2) is 5.65 Å². The van der Waals surface area contributed by atoms with Gasteiger partial charge < -0.3 is 4.90 Å². The first-order valence-corrected chi connectivity index (χ1v) is 11.0. The molecule has 0 N–H and O–H groups in total. The summed E-state index contributed by atoms with van der Waals surface area (Å²) in [6, 6.07) is 18.6. The predicted molar refractivity (Wildman–Crippen MR) is 123 cm³/mol. The van der Waals surface area contributed by atoms with Gasteiger partial charge in [-0.3, -0.25) is 9.48 Å². The van der Waals surface area contributed by atoms with Crippen LogP contribution in [-0.4, -0.2) is 38.7 Å². The minimum atomic E-state index is -0.331. The van der Waals surface area contributed by atoms with E-state index in [2.05, 4.69) is 34.3 Å². The first kappa shape index (κ1) is 20.4. The van der Waals surface area contributed by atoms with Crippen LogP contribution >= 0.6 is 0 Å². The molecular weight excluding hydrogens is 403 g/mol. The maximum absolute atomic E-state index is 13.8. The minimum absolute atomic E-state index is 0.0128. The average molecular weight is 429 g/mol. The van der Waals surface area contributed by atoms with Gasteiger partial charge in [0.2, 0.25) is 0 Å². The number of benzene rings is 2. The minimum Gasteiger partial charge on any atom is -0.339 e. The Morgan fingerprint density at radius 2 is 1.84 bits per heavy atom. The van der Waals surface area contributed by atoms with E-state index in [1.54, 1.807) is 36.1 Å². The lowest BCUT2D eigenvalue weighted by Gasteiger charge is -2.32. The number of carbonyl (C=O) groups is 1. The van der Waals surface area contributed by atoms with Gasteiger partial charge in [-0.1, -0.05) is 42.5 Å². The highest BCUT2D eigenvalue weighted by atomic mass is 19.1. The fraction of sp³-hybridized carbons (Fsp3) is 0.269. The van der Waals surface area contributed by atoms with Gasteiger partial charge in [-0.25, -0.2) is 9.37 Å². The smallest absolute Gasteiger partial charge is 0.254 e. The van der Waals surface area contributed by atoms with Crippen LogP contribution < -0.4 is 0 Å². The lowest BCUT2D eigenvalue weighted by Crippen LogP contribution is -2.39. The highest BCUT2D eigenvalue weighted by Gasteiger charge is 2.26. The van der Waals surface area contributed by atoms with Crippen LogP contribution in [0.1, 0.15) is 28.8 Å². The van der Waals surface area contributed by atoms with Crippen molar-refractivity contribution in [3.63, 3.8) is 0 Å². The number of hydrogen-bond acceptors (Lipinski definition) is 3. The van der Waals surface area contributed by atoms with Gasteiger partial charge in [0.05, 0.1) is 22.8 Å². The third kappa shape index (κ3) is 4.00. The predicted octanol–water partition coefficient (Wildman–Crippen LogP) is 4.87. The van der Waals surface area contributed by atoms with Gasteiger partial charge in [-0.2, -0.15) is 5.10 Å². The Labute approximate surface area is 186 Å². The molecule has 1 amide bonds. The van der Waals surface area contributed by atoms with Crippen LogP contribution in [0.3, 0.4) is 0 Å². The number of rotatable bonds is 4. The molecule has 0 radical (unpaired) electrons. The van der Waals surface area contributed by atoms with Crippen molar-refractivity contribution in [1.29, 1.82) is 0 Å². The fourth-order valence-electron chi connectivity index (χ4n) is 4.55. The molecule has 0 spiro atoms. The van der Waals surface area contributed by atoms with Crippen LogP contribution in [-0.2, 0) is 13.5 Å². The number of amides is 1. The summed E-state index contributed by atoms with van der Waals surface area (Å²) in [5.41, 5.74) is 3.76. The summed E-state index contributed by atoms with van der Waals surface area (Å²) >= 11 is 0. The largest absolute Gasteiger partial charge is 0.339 e. The van der Waals surface area contributed by atoms with Gasteiger partial charge >= 0.3 is 0 Å². The summed E-state index contributed by atoms with van der Waals surface area (Å²) in [5.74, 6) is 0.240. The zero-order valence-corrected chi connectivity index (χ0v) is 18.0. The Kier molecular flexibility index (Phi) is 5.43. The Bertz CT molecular complexity index is 1260. The second-order valence-corrected chi connectivity index (χ2v) is 8.50. The zero-order valence-electron chi connectivity index (χ0n) is 18.0. The van der Waals surface area contributed by atoms with E-state index in [9.17, 15) is 9.18 Å². The van der Waals surface area contributed by atoms with E-state index < -0.39 is 0 Å². The first-order valence-electron chi connectivity index (χ1n) is 11.0. The van der Waals surface area contributed by atoms with Gasteiger partial charge in [-0.15, -0.1) is 0 Å². The van der Waals surface area contributed by atoms with E-state index in [0.29, 0.717) is 28.4 Å². The number of nitrogens with zero attached hydrogens (tertiary/aromatic N) is 4. The molecule has 2 aromatic heterocycles. The zero-order chi connectivity index (χ0) is 22.1. The van der Waals surface area contributed by atoms with Gasteiger partial charge in [0.1, 0.15) is 5.82 Å². The van der Waals surface area contributed by atoms with Crippen molar-refractivity contribution in [2.24, 2.45) is 13.0 Å². The van der Waals surface area contributed by atoms with Crippen molar-refractivity contribution < 1.29 is 9.18 Å². The summed E-state index contributed by atoms with van der Waals surface area (Å²) in [6.45, 7) is 1.46. The van der Waals surface area contributed by atoms with Crippen molar-refractivity contribution in [3.8, 4) is 11.3 Å². The Morgan fingerprint density at radius 1 is 1.06 bits per heavy atom. The van der Waals surface area contributed by atoms with E-state index in [4.69, 9.17) is 0 Å². The maximum Gasteiger partial charge on any atom is 0.254 e. The van der Waals surface area contributed by atoms with E-state index in [1.807, 2.05) is 11.0 Å². The average Bonchev–Trinajstić information content (AvgIpc) is 3.20. The number of piperidine rings is 1. The van der Waals surface area contributed by atoms with Crippen molar-refractivity contribution in [1.82, 2.24) is 19.7 Å². The standard InChI is InChI=1S/C26H25FN4O/c1-30-25-23(17-28-30)22(16-24(29-25)20-8-5-9-21(27)15-20)26(32)31-12-10-19(11-13-31)14-18-6-3-2-4-7-18/h2-9,15-17,19H,10-14H2,1H3. The Morgan fingerprint density at radius 3 is 2.59 bits per heavy atom. The molecule has 5 rings (SSSR count). The number of fused-ring (bicyclic) bond motifs is 1. The molecule has 1 aliphatic rings. The number of aryl methyl sites for hydroxylation is 1. The van der Waals surface area contributed by atoms with Crippen LogP contribution in [0.15, 0.2) is 66.9 Å². The van der Waals surface area contributed by atoms with E-state index >= 15 is 0 Å².